The summed E-state index contributed by atoms with van der Waals surface area (Å²) in [5.41, 5.74) is -1.47. The molecule has 1 saturated heterocycles. The van der Waals surface area contributed by atoms with Gasteiger partial charge in [0.05, 0.1) is 42.9 Å². The summed E-state index contributed by atoms with van der Waals surface area (Å²) in [6.45, 7) is 7.75. The lowest BCUT2D eigenvalue weighted by atomic mass is 9.61. The molecule has 3 aliphatic rings. The van der Waals surface area contributed by atoms with Crippen LogP contribution in [0.25, 0.3) is 0 Å². The molecule has 2 aromatic carbocycles. The Balaban J connectivity index is 1.47. The molecule has 5 atom stereocenters. The van der Waals surface area contributed by atoms with Gasteiger partial charge in [0.25, 0.3) is 0 Å². The number of Topliss-reactive ketones (excluding diaryl/α,β-unsaturated/α-hetero) is 2. The molecule has 6 heteroatoms. The molecule has 5 rings (SSSR count). The highest BCUT2D eigenvalue weighted by molar-refractivity contribution is 6.03. The van der Waals surface area contributed by atoms with Gasteiger partial charge in [-0.15, -0.1) is 0 Å². The summed E-state index contributed by atoms with van der Waals surface area (Å²) in [6, 6.07) is 19.9. The van der Waals surface area contributed by atoms with Crippen LogP contribution in [0, 0.1) is 16.2 Å². The van der Waals surface area contributed by atoms with Gasteiger partial charge in [0.15, 0.2) is 12.1 Å². The van der Waals surface area contributed by atoms with E-state index in [4.69, 9.17) is 18.9 Å². The second kappa shape index (κ2) is 9.49. The molecule has 0 N–H and O–H groups in total. The summed E-state index contributed by atoms with van der Waals surface area (Å²) in [7, 11) is 0. The molecule has 36 heavy (non-hydrogen) atoms. The van der Waals surface area contributed by atoms with E-state index in [1.165, 1.54) is 0 Å². The van der Waals surface area contributed by atoms with E-state index >= 15 is 0 Å². The number of benzene rings is 2. The van der Waals surface area contributed by atoms with Gasteiger partial charge in [0, 0.05) is 31.3 Å². The average Bonchev–Trinajstić information content (AvgIpc) is 3.36. The van der Waals surface area contributed by atoms with Crippen molar-refractivity contribution in [1.82, 2.24) is 0 Å². The van der Waals surface area contributed by atoms with Crippen LogP contribution in [0.4, 0.5) is 0 Å². The Morgan fingerprint density at radius 1 is 0.861 bits per heavy atom. The zero-order chi connectivity index (χ0) is 25.4. The van der Waals surface area contributed by atoms with Crippen molar-refractivity contribution in [2.75, 3.05) is 19.8 Å². The van der Waals surface area contributed by atoms with Crippen LogP contribution in [-0.4, -0.2) is 43.3 Å². The lowest BCUT2D eigenvalue weighted by molar-refractivity contribution is -0.232. The van der Waals surface area contributed by atoms with Crippen LogP contribution in [0.1, 0.15) is 51.2 Å². The van der Waals surface area contributed by atoms with E-state index in [1.54, 1.807) is 0 Å². The number of carbonyl (C=O) groups excluding carboxylic acids is 2. The molecule has 3 fully saturated rings. The minimum Gasteiger partial charge on any atom is -0.376 e. The van der Waals surface area contributed by atoms with Crippen molar-refractivity contribution in [3.8, 4) is 0 Å². The van der Waals surface area contributed by atoms with E-state index in [0.717, 1.165) is 11.1 Å². The van der Waals surface area contributed by atoms with E-state index in [-0.39, 0.29) is 37.6 Å². The molecule has 2 saturated carbocycles. The Hall–Kier alpha value is -2.38. The van der Waals surface area contributed by atoms with Crippen LogP contribution < -0.4 is 0 Å². The molecule has 0 unspecified atom stereocenters. The van der Waals surface area contributed by atoms with Crippen molar-refractivity contribution in [3.05, 3.63) is 71.8 Å². The molecule has 0 aromatic heterocycles. The van der Waals surface area contributed by atoms with Gasteiger partial charge in [0.1, 0.15) is 5.78 Å². The number of rotatable bonds is 10. The normalized spacial score (nSPS) is 35.2. The first-order valence-corrected chi connectivity index (χ1v) is 12.9. The highest BCUT2D eigenvalue weighted by atomic mass is 16.7. The first-order valence-electron chi connectivity index (χ1n) is 12.9. The fourth-order valence-electron chi connectivity index (χ4n) is 7.04. The van der Waals surface area contributed by atoms with Crippen LogP contribution in [0.5, 0.6) is 0 Å². The van der Waals surface area contributed by atoms with E-state index in [2.05, 4.69) is 6.92 Å². The minimum absolute atomic E-state index is 0.0434. The SMILES string of the molecule is CCO[C@@H]1C[C@@]23CC(=O)C[C@]2(O1)[C@](C)(COCc1ccccc1)[C@](C)(COCc1ccccc1)C3=O. The van der Waals surface area contributed by atoms with Crippen LogP contribution in [-0.2, 0) is 41.8 Å². The average molecular weight is 493 g/mol. The first-order chi connectivity index (χ1) is 17.3. The van der Waals surface area contributed by atoms with Gasteiger partial charge >= 0.3 is 0 Å². The summed E-state index contributed by atoms with van der Waals surface area (Å²) in [4.78, 5) is 27.4. The molecule has 0 spiro atoms. The third-order valence-electron chi connectivity index (χ3n) is 8.97. The van der Waals surface area contributed by atoms with Crippen LogP contribution in [0.15, 0.2) is 60.7 Å². The van der Waals surface area contributed by atoms with Gasteiger partial charge in [-0.1, -0.05) is 67.6 Å². The number of ether oxygens (including phenoxy) is 4. The lowest BCUT2D eigenvalue weighted by Crippen LogP contribution is -2.56. The molecular weight excluding hydrogens is 456 g/mol. The highest BCUT2D eigenvalue weighted by Gasteiger charge is 2.85. The molecule has 0 amide bonds. The van der Waals surface area contributed by atoms with Gasteiger partial charge in [-0.05, 0) is 25.0 Å². The number of ketones is 2. The number of hydrogen-bond donors (Lipinski definition) is 0. The zero-order valence-electron chi connectivity index (χ0n) is 21.5. The Bertz CT molecular complexity index is 1100. The molecule has 2 aliphatic carbocycles. The van der Waals surface area contributed by atoms with E-state index in [0.29, 0.717) is 26.2 Å². The molecular formula is C30H36O6. The Kier molecular flexibility index (Phi) is 6.66. The topological polar surface area (TPSA) is 71.1 Å². The zero-order valence-corrected chi connectivity index (χ0v) is 21.5. The van der Waals surface area contributed by atoms with Crippen LogP contribution in [0.2, 0.25) is 0 Å². The Morgan fingerprint density at radius 2 is 1.44 bits per heavy atom. The monoisotopic (exact) mass is 492 g/mol. The Labute approximate surface area is 213 Å². The standard InChI is InChI=1S/C30H36O6/c1-4-35-25-17-29-15-24(31)16-30(29,36-25)28(3,21-34-19-23-13-9-6-10-14-23)27(2,26(29)32)20-33-18-22-11-7-5-8-12-22/h5-14,25H,4,15-21H2,1-3H3/t25-,27+,28+,29+,30-/m0/s1. The van der Waals surface area contributed by atoms with Crippen molar-refractivity contribution < 1.29 is 28.5 Å². The molecule has 0 bridgehead atoms. The molecule has 1 aliphatic heterocycles. The molecule has 192 valence electrons. The molecule has 0 radical (unpaired) electrons. The summed E-state index contributed by atoms with van der Waals surface area (Å²) in [5.74, 6) is 0.113. The van der Waals surface area contributed by atoms with E-state index < -0.39 is 28.1 Å². The van der Waals surface area contributed by atoms with E-state index in [9.17, 15) is 9.59 Å². The van der Waals surface area contributed by atoms with Gasteiger partial charge in [-0.25, -0.2) is 0 Å². The summed E-state index contributed by atoms with van der Waals surface area (Å²) >= 11 is 0. The van der Waals surface area contributed by atoms with Gasteiger partial charge in [-0.2, -0.15) is 0 Å². The third kappa shape index (κ3) is 3.69. The van der Waals surface area contributed by atoms with Crippen molar-refractivity contribution in [1.29, 1.82) is 0 Å². The summed E-state index contributed by atoms with van der Waals surface area (Å²) in [5, 5.41) is 0. The van der Waals surface area contributed by atoms with Gasteiger partial charge in [-0.3, -0.25) is 9.59 Å². The summed E-state index contributed by atoms with van der Waals surface area (Å²) in [6.07, 6.45) is 0.281. The maximum atomic E-state index is 14.5. The molecule has 6 nitrogen and oxygen atoms in total. The smallest absolute Gasteiger partial charge is 0.159 e. The fourth-order valence-corrected chi connectivity index (χ4v) is 7.04. The number of hydrogen-bond acceptors (Lipinski definition) is 6. The number of carbonyl (C=O) groups is 2. The third-order valence-corrected chi connectivity index (χ3v) is 8.97. The predicted octanol–water partition coefficient (Wildman–Crippen LogP) is 4.89. The maximum absolute atomic E-state index is 14.5. The second-order valence-corrected chi connectivity index (χ2v) is 11.0. The lowest BCUT2D eigenvalue weighted by Gasteiger charge is -2.48. The second-order valence-electron chi connectivity index (χ2n) is 11.0. The van der Waals surface area contributed by atoms with Gasteiger partial charge < -0.3 is 18.9 Å². The van der Waals surface area contributed by atoms with Crippen molar-refractivity contribution in [2.45, 2.75) is 65.1 Å². The van der Waals surface area contributed by atoms with Crippen molar-refractivity contribution in [3.63, 3.8) is 0 Å². The van der Waals surface area contributed by atoms with Gasteiger partial charge in [0.2, 0.25) is 0 Å². The van der Waals surface area contributed by atoms with Crippen LogP contribution >= 0.6 is 0 Å². The summed E-state index contributed by atoms with van der Waals surface area (Å²) < 4.78 is 25.0. The largest absolute Gasteiger partial charge is 0.376 e. The molecule has 1 heterocycles. The van der Waals surface area contributed by atoms with E-state index in [1.807, 2.05) is 74.5 Å². The molecule has 2 aromatic rings. The highest BCUT2D eigenvalue weighted by Crippen LogP contribution is 2.75. The maximum Gasteiger partial charge on any atom is 0.159 e. The quantitative estimate of drug-likeness (QED) is 0.471. The fraction of sp³-hybridized carbons (Fsp3) is 0.533. The van der Waals surface area contributed by atoms with Crippen LogP contribution in [0.3, 0.4) is 0 Å². The van der Waals surface area contributed by atoms with Crippen molar-refractivity contribution >= 4 is 11.6 Å². The minimum atomic E-state index is -0.977. The first kappa shape index (κ1) is 25.3. The predicted molar refractivity (Wildman–Crippen MR) is 134 cm³/mol. The Morgan fingerprint density at radius 3 is 2.03 bits per heavy atom. The van der Waals surface area contributed by atoms with Crippen molar-refractivity contribution in [2.24, 2.45) is 16.2 Å².